The number of phenolic OH excluding ortho intramolecular Hbond substituents is 3. The third-order valence-electron chi connectivity index (χ3n) is 5.77. The molecule has 0 bridgehead atoms. The zero-order valence-electron chi connectivity index (χ0n) is 19.0. The first-order valence-electron chi connectivity index (χ1n) is 10.6. The van der Waals surface area contributed by atoms with Crippen LogP contribution in [0.3, 0.4) is 0 Å². The summed E-state index contributed by atoms with van der Waals surface area (Å²) in [4.78, 5) is 13.2. The maximum Gasteiger partial charge on any atom is 0.239 e. The van der Waals surface area contributed by atoms with E-state index in [0.29, 0.717) is 0 Å². The Morgan fingerprint density at radius 2 is 1.61 bits per heavy atom. The number of aliphatic hydroxyl groups excluding tert-OH is 4. The van der Waals surface area contributed by atoms with Gasteiger partial charge in [0.05, 0.1) is 20.8 Å². The molecule has 0 amide bonds. The Labute approximate surface area is 202 Å². The fourth-order valence-corrected chi connectivity index (χ4v) is 3.89. The van der Waals surface area contributed by atoms with Gasteiger partial charge >= 0.3 is 0 Å². The van der Waals surface area contributed by atoms with Gasteiger partial charge in [0.25, 0.3) is 0 Å². The van der Waals surface area contributed by atoms with Gasteiger partial charge in [-0.25, -0.2) is 0 Å². The Balaban J connectivity index is 1.87. The minimum absolute atomic E-state index is 0.145. The summed E-state index contributed by atoms with van der Waals surface area (Å²) in [7, 11) is 2.38. The van der Waals surface area contributed by atoms with Crippen LogP contribution in [0.2, 0.25) is 0 Å². The molecule has 13 nitrogen and oxygen atoms in total. The summed E-state index contributed by atoms with van der Waals surface area (Å²) >= 11 is 0. The summed E-state index contributed by atoms with van der Waals surface area (Å²) in [6.45, 7) is -0.692. The molecular formula is C23H24O13. The van der Waals surface area contributed by atoms with Crippen LogP contribution in [0.1, 0.15) is 0 Å². The minimum Gasteiger partial charge on any atom is -0.504 e. The normalized spacial score (nSPS) is 24.0. The molecule has 2 unspecified atom stereocenters. The van der Waals surface area contributed by atoms with Crippen molar-refractivity contribution in [3.8, 4) is 45.8 Å². The number of methoxy groups -OCH3 is 2. The van der Waals surface area contributed by atoms with Crippen molar-refractivity contribution in [2.24, 2.45) is 0 Å². The van der Waals surface area contributed by atoms with Crippen molar-refractivity contribution in [3.05, 3.63) is 34.5 Å². The highest BCUT2D eigenvalue weighted by Crippen LogP contribution is 2.45. The maximum atomic E-state index is 13.2. The lowest BCUT2D eigenvalue weighted by Crippen LogP contribution is -2.60. The van der Waals surface area contributed by atoms with Crippen LogP contribution in [0.4, 0.5) is 0 Å². The van der Waals surface area contributed by atoms with Crippen molar-refractivity contribution in [3.63, 3.8) is 0 Å². The van der Waals surface area contributed by atoms with Crippen LogP contribution in [-0.4, -0.2) is 87.3 Å². The van der Waals surface area contributed by atoms with E-state index in [0.717, 1.165) is 12.1 Å². The van der Waals surface area contributed by atoms with E-state index < -0.39 is 60.0 Å². The lowest BCUT2D eigenvalue weighted by atomic mass is 9.99. The second kappa shape index (κ2) is 9.72. The molecule has 0 radical (unpaired) electrons. The van der Waals surface area contributed by atoms with Crippen molar-refractivity contribution < 1.29 is 59.1 Å². The van der Waals surface area contributed by atoms with Crippen LogP contribution in [0, 0.1) is 0 Å². The first kappa shape index (κ1) is 25.3. The van der Waals surface area contributed by atoms with Crippen molar-refractivity contribution in [1.29, 1.82) is 0 Å². The molecule has 0 spiro atoms. The second-order valence-electron chi connectivity index (χ2n) is 7.94. The Hall–Kier alpha value is -3.75. The van der Waals surface area contributed by atoms with E-state index in [-0.39, 0.29) is 39.5 Å². The summed E-state index contributed by atoms with van der Waals surface area (Å²) in [5.41, 5.74) is -0.856. The van der Waals surface area contributed by atoms with E-state index in [2.05, 4.69) is 0 Å². The Morgan fingerprint density at radius 1 is 0.917 bits per heavy atom. The Bertz CT molecular complexity index is 1330. The van der Waals surface area contributed by atoms with Crippen LogP contribution in [0.25, 0.3) is 22.3 Å². The number of rotatable bonds is 6. The van der Waals surface area contributed by atoms with Crippen LogP contribution in [0.5, 0.6) is 34.5 Å². The van der Waals surface area contributed by atoms with Gasteiger partial charge in [-0.2, -0.15) is 0 Å². The van der Waals surface area contributed by atoms with Crippen molar-refractivity contribution in [2.45, 2.75) is 30.7 Å². The van der Waals surface area contributed by atoms with E-state index in [1.165, 1.54) is 26.4 Å². The number of benzene rings is 2. The average Bonchev–Trinajstić information content (AvgIpc) is 2.85. The summed E-state index contributed by atoms with van der Waals surface area (Å²) in [5, 5.41) is 69.7. The summed E-state index contributed by atoms with van der Waals surface area (Å²) in [5.74, 6) is -2.66. The fraction of sp³-hybridized carbons (Fsp3) is 0.348. The van der Waals surface area contributed by atoms with Gasteiger partial charge in [0, 0.05) is 11.6 Å². The molecule has 5 atom stereocenters. The van der Waals surface area contributed by atoms with Gasteiger partial charge < -0.3 is 59.1 Å². The SMILES string of the molecule is COc1c(O[C@@H]2OC(CO)[C@@H](O)[C@H](O)C2O)cc2oc(-c3ccc(O)c(O)c3)c(OC)c(=O)c2c1O. The standard InChI is InChI=1S/C23H24O13/c1-32-21-12(35-23-19(31)18(30)15(27)13(7-24)36-23)6-11-14(16(21)28)17(29)22(33-2)20(34-11)8-3-4-9(25)10(26)5-8/h3-6,13,15,18-19,23-28,30-31H,7H2,1-2H3/t13?,15-,18+,19?,23-/m1/s1. The molecule has 0 saturated carbocycles. The first-order valence-corrected chi connectivity index (χ1v) is 10.6. The van der Waals surface area contributed by atoms with Gasteiger partial charge in [0.1, 0.15) is 35.4 Å². The minimum atomic E-state index is -1.76. The molecule has 7 N–H and O–H groups in total. The van der Waals surface area contributed by atoms with Crippen molar-refractivity contribution >= 4 is 11.0 Å². The predicted molar refractivity (Wildman–Crippen MR) is 120 cm³/mol. The second-order valence-corrected chi connectivity index (χ2v) is 7.94. The van der Waals surface area contributed by atoms with Crippen LogP contribution >= 0.6 is 0 Å². The van der Waals surface area contributed by atoms with Gasteiger partial charge in [-0.15, -0.1) is 0 Å². The monoisotopic (exact) mass is 508 g/mol. The maximum absolute atomic E-state index is 13.2. The molecule has 1 saturated heterocycles. The average molecular weight is 508 g/mol. The van der Waals surface area contributed by atoms with Crippen LogP contribution < -0.4 is 19.6 Å². The van der Waals surface area contributed by atoms with E-state index in [9.17, 15) is 40.5 Å². The molecule has 1 aromatic heterocycles. The summed E-state index contributed by atoms with van der Waals surface area (Å²) in [6, 6.07) is 4.82. The molecule has 1 aliphatic rings. The molecule has 1 fully saturated rings. The number of aliphatic hydroxyl groups is 4. The van der Waals surface area contributed by atoms with Gasteiger partial charge in [0.15, 0.2) is 28.8 Å². The zero-order valence-corrected chi connectivity index (χ0v) is 19.0. The molecule has 2 heterocycles. The number of phenols is 3. The third kappa shape index (κ3) is 4.12. The molecular weight excluding hydrogens is 484 g/mol. The molecule has 1 aliphatic heterocycles. The number of aromatic hydroxyl groups is 3. The molecule has 4 rings (SSSR count). The molecule has 194 valence electrons. The predicted octanol–water partition coefficient (Wildman–Crippen LogP) is -0.227. The highest BCUT2D eigenvalue weighted by atomic mass is 16.7. The molecule has 3 aromatic rings. The van der Waals surface area contributed by atoms with Gasteiger partial charge in [0.2, 0.25) is 23.2 Å². The summed E-state index contributed by atoms with van der Waals surface area (Å²) < 4.78 is 27.1. The van der Waals surface area contributed by atoms with Gasteiger partial charge in [-0.05, 0) is 18.2 Å². The van der Waals surface area contributed by atoms with Crippen LogP contribution in [0.15, 0.2) is 33.5 Å². The third-order valence-corrected chi connectivity index (χ3v) is 5.77. The largest absolute Gasteiger partial charge is 0.504 e. The number of ether oxygens (including phenoxy) is 4. The van der Waals surface area contributed by atoms with Crippen molar-refractivity contribution in [2.75, 3.05) is 20.8 Å². The van der Waals surface area contributed by atoms with Gasteiger partial charge in [-0.1, -0.05) is 0 Å². The topological polar surface area (TPSA) is 209 Å². The molecule has 2 aromatic carbocycles. The smallest absolute Gasteiger partial charge is 0.239 e. The highest BCUT2D eigenvalue weighted by molar-refractivity contribution is 5.91. The quantitative estimate of drug-likeness (QED) is 0.215. The number of hydrogen-bond donors (Lipinski definition) is 7. The molecule has 13 heteroatoms. The Morgan fingerprint density at radius 3 is 2.22 bits per heavy atom. The van der Waals surface area contributed by atoms with E-state index >= 15 is 0 Å². The van der Waals surface area contributed by atoms with Crippen molar-refractivity contribution in [1.82, 2.24) is 0 Å². The molecule has 0 aliphatic carbocycles. The van der Waals surface area contributed by atoms with E-state index in [1.54, 1.807) is 0 Å². The zero-order chi connectivity index (χ0) is 26.3. The fourth-order valence-electron chi connectivity index (χ4n) is 3.89. The molecule has 36 heavy (non-hydrogen) atoms. The number of hydrogen-bond acceptors (Lipinski definition) is 13. The first-order chi connectivity index (χ1) is 17.1. The lowest BCUT2D eigenvalue weighted by molar-refractivity contribution is -0.277. The van der Waals surface area contributed by atoms with Gasteiger partial charge in [-0.3, -0.25) is 4.79 Å². The number of fused-ring (bicyclic) bond motifs is 1. The van der Waals surface area contributed by atoms with E-state index in [1.807, 2.05) is 0 Å². The highest BCUT2D eigenvalue weighted by Gasteiger charge is 2.45. The van der Waals surface area contributed by atoms with E-state index in [4.69, 9.17) is 23.4 Å². The Kier molecular flexibility index (Phi) is 6.84. The lowest BCUT2D eigenvalue weighted by Gasteiger charge is -2.39. The van der Waals surface area contributed by atoms with Crippen LogP contribution in [-0.2, 0) is 4.74 Å². The summed E-state index contributed by atoms with van der Waals surface area (Å²) in [6.07, 6.45) is -7.98.